The zero-order valence-corrected chi connectivity index (χ0v) is 28.4. The lowest BCUT2D eigenvalue weighted by Crippen LogP contribution is -2.54. The van der Waals surface area contributed by atoms with Gasteiger partial charge in [0, 0.05) is 30.5 Å². The summed E-state index contributed by atoms with van der Waals surface area (Å²) in [4.78, 5) is 44.5. The SMILES string of the molecule is NC(=O)[C@H](Cc1ccc(-c2ccccc2)nc1)NC(=O)[C@H](Cc1ccc(-c2ccccc2)cc1)NC(=O)OCC1c2ccccc2-c2ccccc21. The molecule has 0 radical (unpaired) electrons. The molecule has 5 aromatic carbocycles. The molecule has 4 N–H and O–H groups in total. The van der Waals surface area contributed by atoms with Crippen molar-refractivity contribution in [2.45, 2.75) is 30.8 Å². The number of ether oxygens (including phenoxy) is 1. The molecule has 8 heteroatoms. The quantitative estimate of drug-likeness (QED) is 0.127. The number of benzene rings is 5. The summed E-state index contributed by atoms with van der Waals surface area (Å²) in [6.07, 6.45) is 1.22. The van der Waals surface area contributed by atoms with Crippen molar-refractivity contribution in [2.75, 3.05) is 6.61 Å². The minimum atomic E-state index is -1.06. The molecule has 0 aliphatic heterocycles. The number of alkyl carbamates (subject to hydrolysis) is 1. The summed E-state index contributed by atoms with van der Waals surface area (Å²) in [5, 5.41) is 5.57. The highest BCUT2D eigenvalue weighted by atomic mass is 16.5. The van der Waals surface area contributed by atoms with E-state index >= 15 is 0 Å². The Morgan fingerprint density at radius 3 is 1.73 bits per heavy atom. The molecule has 1 aromatic heterocycles. The number of pyridine rings is 1. The first kappa shape index (κ1) is 33.9. The van der Waals surface area contributed by atoms with E-state index in [1.807, 2.05) is 133 Å². The summed E-state index contributed by atoms with van der Waals surface area (Å²) < 4.78 is 5.80. The van der Waals surface area contributed by atoms with Crippen LogP contribution in [0.15, 0.2) is 152 Å². The lowest BCUT2D eigenvalue weighted by molar-refractivity contribution is -0.128. The maximum absolute atomic E-state index is 13.9. The lowest BCUT2D eigenvalue weighted by atomic mass is 9.98. The molecular weight excluding hydrogens is 649 g/mol. The maximum atomic E-state index is 13.9. The Morgan fingerprint density at radius 1 is 0.596 bits per heavy atom. The molecule has 3 amide bonds. The van der Waals surface area contributed by atoms with E-state index in [1.54, 1.807) is 6.20 Å². The maximum Gasteiger partial charge on any atom is 0.407 e. The fourth-order valence-electron chi connectivity index (χ4n) is 6.75. The number of fused-ring (bicyclic) bond motifs is 3. The number of carbonyl (C=O) groups is 3. The number of primary amides is 1. The van der Waals surface area contributed by atoms with E-state index in [9.17, 15) is 14.4 Å². The second-order valence-electron chi connectivity index (χ2n) is 12.9. The van der Waals surface area contributed by atoms with Crippen LogP contribution in [0.1, 0.15) is 28.2 Å². The van der Waals surface area contributed by atoms with Crippen LogP contribution in [0.3, 0.4) is 0 Å². The molecule has 1 aliphatic rings. The van der Waals surface area contributed by atoms with Crippen LogP contribution < -0.4 is 16.4 Å². The Balaban J connectivity index is 1.07. The van der Waals surface area contributed by atoms with Gasteiger partial charge in [0.05, 0.1) is 5.69 Å². The summed E-state index contributed by atoms with van der Waals surface area (Å²) in [5.41, 5.74) is 15.6. The molecule has 8 nitrogen and oxygen atoms in total. The van der Waals surface area contributed by atoms with E-state index < -0.39 is 30.0 Å². The largest absolute Gasteiger partial charge is 0.449 e. The van der Waals surface area contributed by atoms with Gasteiger partial charge in [-0.05, 0) is 50.6 Å². The predicted molar refractivity (Wildman–Crippen MR) is 202 cm³/mol. The summed E-state index contributed by atoms with van der Waals surface area (Å²) in [5.74, 6) is -1.40. The molecule has 0 bridgehead atoms. The van der Waals surface area contributed by atoms with Crippen molar-refractivity contribution < 1.29 is 19.1 Å². The van der Waals surface area contributed by atoms with Gasteiger partial charge in [-0.2, -0.15) is 0 Å². The number of rotatable bonds is 12. The van der Waals surface area contributed by atoms with Crippen LogP contribution in [-0.4, -0.2) is 41.6 Å². The van der Waals surface area contributed by atoms with E-state index in [1.165, 1.54) is 0 Å². The van der Waals surface area contributed by atoms with Gasteiger partial charge in [-0.1, -0.05) is 140 Å². The molecule has 0 saturated carbocycles. The second kappa shape index (κ2) is 15.6. The summed E-state index contributed by atoms with van der Waals surface area (Å²) in [6.45, 7) is 0.0931. The zero-order chi connectivity index (χ0) is 35.9. The van der Waals surface area contributed by atoms with Crippen LogP contribution in [-0.2, 0) is 27.2 Å². The third-order valence-electron chi connectivity index (χ3n) is 9.45. The Kier molecular flexibility index (Phi) is 10.2. The van der Waals surface area contributed by atoms with E-state index in [0.717, 1.165) is 55.8 Å². The third-order valence-corrected chi connectivity index (χ3v) is 9.45. The molecule has 0 fully saturated rings. The first-order valence-electron chi connectivity index (χ1n) is 17.3. The third kappa shape index (κ3) is 7.76. The fourth-order valence-corrected chi connectivity index (χ4v) is 6.75. The Bertz CT molecular complexity index is 2130. The van der Waals surface area contributed by atoms with Crippen LogP contribution in [0.25, 0.3) is 33.5 Å². The second-order valence-corrected chi connectivity index (χ2v) is 12.9. The number of hydrogen-bond acceptors (Lipinski definition) is 5. The smallest absolute Gasteiger partial charge is 0.407 e. The minimum Gasteiger partial charge on any atom is -0.449 e. The summed E-state index contributed by atoms with van der Waals surface area (Å²) in [6, 6.07) is 45.3. The van der Waals surface area contributed by atoms with Crippen molar-refractivity contribution in [1.29, 1.82) is 0 Å². The molecule has 7 rings (SSSR count). The first-order chi connectivity index (χ1) is 25.4. The molecular formula is C44H38N4O4. The standard InChI is InChI=1S/C44H38N4O4/c45-42(49)40(26-30-21-24-39(46-27-30)33-13-5-2-6-14-33)47-43(50)41(25-29-19-22-32(23-20-29)31-11-3-1-4-12-31)48-44(51)52-28-38-36-17-9-7-15-34(36)35-16-8-10-18-37(35)38/h1-24,27,38,40-41H,25-26,28H2,(H2,45,49)(H,47,50)(H,48,51)/t40-,41-/m0/s1. The van der Waals surface area contributed by atoms with Gasteiger partial charge in [0.15, 0.2) is 0 Å². The van der Waals surface area contributed by atoms with Gasteiger partial charge in [0.1, 0.15) is 18.7 Å². The Morgan fingerprint density at radius 2 is 1.13 bits per heavy atom. The van der Waals surface area contributed by atoms with Gasteiger partial charge in [-0.15, -0.1) is 0 Å². The van der Waals surface area contributed by atoms with Crippen molar-refractivity contribution in [3.63, 3.8) is 0 Å². The average Bonchev–Trinajstić information content (AvgIpc) is 3.51. The molecule has 258 valence electrons. The fraction of sp³-hybridized carbons (Fsp3) is 0.136. The molecule has 0 unspecified atom stereocenters. The van der Waals surface area contributed by atoms with Gasteiger partial charge in [0.25, 0.3) is 0 Å². The predicted octanol–water partition coefficient (Wildman–Crippen LogP) is 7.08. The van der Waals surface area contributed by atoms with Gasteiger partial charge in [-0.25, -0.2) is 4.79 Å². The van der Waals surface area contributed by atoms with Crippen molar-refractivity contribution in [3.8, 4) is 33.5 Å². The van der Waals surface area contributed by atoms with E-state index in [2.05, 4.69) is 27.8 Å². The van der Waals surface area contributed by atoms with Crippen molar-refractivity contribution in [2.24, 2.45) is 5.73 Å². The number of nitrogens with one attached hydrogen (secondary N) is 2. The number of carbonyl (C=O) groups excluding carboxylic acids is 3. The van der Waals surface area contributed by atoms with E-state index in [-0.39, 0.29) is 25.4 Å². The Labute approximate surface area is 302 Å². The van der Waals surface area contributed by atoms with Gasteiger partial charge in [-0.3, -0.25) is 14.6 Å². The lowest BCUT2D eigenvalue weighted by Gasteiger charge is -2.23. The molecule has 6 aromatic rings. The number of hydrogen-bond donors (Lipinski definition) is 3. The van der Waals surface area contributed by atoms with Gasteiger partial charge in [0.2, 0.25) is 11.8 Å². The van der Waals surface area contributed by atoms with Crippen LogP contribution in [0.5, 0.6) is 0 Å². The molecule has 2 atom stereocenters. The summed E-state index contributed by atoms with van der Waals surface area (Å²) in [7, 11) is 0. The molecule has 1 aliphatic carbocycles. The first-order valence-corrected chi connectivity index (χ1v) is 17.3. The monoisotopic (exact) mass is 686 g/mol. The molecule has 0 spiro atoms. The number of amides is 3. The van der Waals surface area contributed by atoms with Crippen LogP contribution in [0.4, 0.5) is 4.79 Å². The normalized spacial score (nSPS) is 12.9. The molecule has 52 heavy (non-hydrogen) atoms. The topological polar surface area (TPSA) is 123 Å². The minimum absolute atomic E-state index is 0.0931. The Hall–Kier alpha value is -6.54. The van der Waals surface area contributed by atoms with Crippen molar-refractivity contribution >= 4 is 17.9 Å². The number of nitrogens with two attached hydrogens (primary N) is 1. The van der Waals surface area contributed by atoms with Crippen LogP contribution in [0, 0.1) is 0 Å². The summed E-state index contributed by atoms with van der Waals surface area (Å²) >= 11 is 0. The highest BCUT2D eigenvalue weighted by Crippen LogP contribution is 2.44. The van der Waals surface area contributed by atoms with Gasteiger partial charge < -0.3 is 21.1 Å². The number of aromatic nitrogens is 1. The van der Waals surface area contributed by atoms with Crippen LogP contribution in [0.2, 0.25) is 0 Å². The highest BCUT2D eigenvalue weighted by Gasteiger charge is 2.31. The molecule has 1 heterocycles. The average molecular weight is 687 g/mol. The van der Waals surface area contributed by atoms with Crippen molar-refractivity contribution in [3.05, 3.63) is 174 Å². The van der Waals surface area contributed by atoms with Crippen LogP contribution >= 0.6 is 0 Å². The molecule has 0 saturated heterocycles. The zero-order valence-electron chi connectivity index (χ0n) is 28.4. The van der Waals surface area contributed by atoms with Gasteiger partial charge >= 0.3 is 6.09 Å². The van der Waals surface area contributed by atoms with Crippen molar-refractivity contribution in [1.82, 2.24) is 15.6 Å². The highest BCUT2D eigenvalue weighted by molar-refractivity contribution is 5.91. The van der Waals surface area contributed by atoms with E-state index in [0.29, 0.717) is 0 Å². The van der Waals surface area contributed by atoms with E-state index in [4.69, 9.17) is 10.5 Å². The number of nitrogens with zero attached hydrogens (tertiary/aromatic N) is 1.